The van der Waals surface area contributed by atoms with Crippen molar-refractivity contribution in [1.82, 2.24) is 9.97 Å². The van der Waals surface area contributed by atoms with Crippen LogP contribution in [0.15, 0.2) is 18.8 Å². The van der Waals surface area contributed by atoms with Gasteiger partial charge in [-0.1, -0.05) is 32.3 Å². The van der Waals surface area contributed by atoms with E-state index in [-0.39, 0.29) is 6.04 Å². The van der Waals surface area contributed by atoms with E-state index >= 15 is 0 Å². The maximum atomic E-state index is 11.7. The Hall–Kier alpha value is -1.52. The minimum atomic E-state index is -0.815. The largest absolute Gasteiger partial charge is 0.418 e. The Bertz CT molecular complexity index is 505. The molecule has 1 aromatic rings. The molecule has 0 aromatic carbocycles. The van der Waals surface area contributed by atoms with Crippen LogP contribution in [0, 0.1) is 0 Å². The van der Waals surface area contributed by atoms with Gasteiger partial charge in [0.25, 0.3) is 0 Å². The number of nitrogens with zero attached hydrogens (tertiary/aromatic N) is 3. The van der Waals surface area contributed by atoms with Crippen molar-refractivity contribution < 1.29 is 14.2 Å². The highest BCUT2D eigenvalue weighted by atomic mass is 31.1. The van der Waals surface area contributed by atoms with Crippen molar-refractivity contribution in [3.8, 4) is 0 Å². The molecule has 0 bridgehead atoms. The van der Waals surface area contributed by atoms with Crippen molar-refractivity contribution >= 4 is 26.9 Å². The summed E-state index contributed by atoms with van der Waals surface area (Å²) in [7, 11) is -0.815. The Kier molecular flexibility index (Phi) is 6.74. The van der Waals surface area contributed by atoms with Gasteiger partial charge < -0.3 is 14.3 Å². The summed E-state index contributed by atoms with van der Waals surface area (Å²) in [6.45, 7) is 4.35. The maximum Gasteiger partial charge on any atom is 0.333 e. The van der Waals surface area contributed by atoms with Crippen LogP contribution in [-0.4, -0.2) is 33.4 Å². The van der Waals surface area contributed by atoms with Crippen molar-refractivity contribution in [3.05, 3.63) is 24.7 Å². The van der Waals surface area contributed by atoms with E-state index in [1.54, 1.807) is 18.3 Å². The first kappa shape index (κ1) is 16.8. The molecule has 0 spiro atoms. The molecule has 3 rings (SSSR count). The lowest BCUT2D eigenvalue weighted by Crippen LogP contribution is -2.37. The second-order valence-corrected chi connectivity index (χ2v) is 5.64. The lowest BCUT2D eigenvalue weighted by atomic mass is 10.0. The van der Waals surface area contributed by atoms with E-state index in [2.05, 4.69) is 21.1 Å². The molecule has 2 unspecified atom stereocenters. The molecule has 7 heteroatoms. The minimum Gasteiger partial charge on any atom is -0.418 e. The molecule has 1 aliphatic carbocycles. The molecule has 0 amide bonds. The van der Waals surface area contributed by atoms with E-state index in [9.17, 15) is 4.79 Å². The second-order valence-electron chi connectivity index (χ2n) is 5.26. The van der Waals surface area contributed by atoms with Gasteiger partial charge in [0.1, 0.15) is 11.9 Å². The molecule has 1 aliphatic heterocycles. The quantitative estimate of drug-likeness (QED) is 0.859. The summed E-state index contributed by atoms with van der Waals surface area (Å²) in [6.07, 6.45) is 10.8. The molecule has 6 nitrogen and oxygen atoms in total. The van der Waals surface area contributed by atoms with Gasteiger partial charge >= 0.3 is 5.97 Å². The Morgan fingerprint density at radius 1 is 1.41 bits per heavy atom. The standard InChI is InChI=1S/C11H14N3O3P.C4H8/c1-2-9-12-6-5-10(13-9)14-7-3-4-8(14)11(15)17-18-16;1-2-4-3-1/h2,5-6,8,16,18H,1,3-4,7H2;1-4H2. The second kappa shape index (κ2) is 8.81. The van der Waals surface area contributed by atoms with Gasteiger partial charge in [-0.3, -0.25) is 0 Å². The normalized spacial score (nSPS) is 20.2. The van der Waals surface area contributed by atoms with Gasteiger partial charge in [0.05, 0.1) is 0 Å². The third-order valence-corrected chi connectivity index (χ3v) is 4.10. The summed E-state index contributed by atoms with van der Waals surface area (Å²) >= 11 is 0. The topological polar surface area (TPSA) is 75.6 Å². The average molecular weight is 323 g/mol. The fourth-order valence-corrected chi connectivity index (χ4v) is 2.50. The first-order valence-corrected chi connectivity index (χ1v) is 8.43. The van der Waals surface area contributed by atoms with E-state index in [1.807, 2.05) is 4.90 Å². The molecular formula is C15H22N3O3P. The summed E-state index contributed by atoms with van der Waals surface area (Å²) < 4.78 is 4.67. The molecule has 1 saturated carbocycles. The molecule has 1 N–H and O–H groups in total. The number of anilines is 1. The number of hydrogen-bond acceptors (Lipinski definition) is 6. The van der Waals surface area contributed by atoms with Crippen molar-refractivity contribution in [2.45, 2.75) is 44.6 Å². The lowest BCUT2D eigenvalue weighted by Gasteiger charge is -2.23. The molecule has 1 aromatic heterocycles. The van der Waals surface area contributed by atoms with E-state index < -0.39 is 15.0 Å². The van der Waals surface area contributed by atoms with E-state index in [0.717, 1.165) is 13.0 Å². The van der Waals surface area contributed by atoms with Gasteiger partial charge in [-0.2, -0.15) is 0 Å². The average Bonchev–Trinajstić information content (AvgIpc) is 2.95. The van der Waals surface area contributed by atoms with Gasteiger partial charge in [-0.15, -0.1) is 0 Å². The van der Waals surface area contributed by atoms with Crippen LogP contribution in [0.5, 0.6) is 0 Å². The Balaban J connectivity index is 0.000000381. The predicted octanol–water partition coefficient (Wildman–Crippen LogP) is 2.69. The number of carbonyl (C=O) groups is 1. The summed E-state index contributed by atoms with van der Waals surface area (Å²) in [6, 6.07) is 1.37. The summed E-state index contributed by atoms with van der Waals surface area (Å²) in [5.74, 6) is 0.795. The molecule has 120 valence electrons. The zero-order valence-corrected chi connectivity index (χ0v) is 13.6. The molecule has 2 atom stereocenters. The number of aromatic nitrogens is 2. The third-order valence-electron chi connectivity index (χ3n) is 3.81. The summed E-state index contributed by atoms with van der Waals surface area (Å²) in [5.41, 5.74) is 0. The van der Waals surface area contributed by atoms with Crippen LogP contribution >= 0.6 is 9.03 Å². The smallest absolute Gasteiger partial charge is 0.333 e. The molecule has 2 fully saturated rings. The van der Waals surface area contributed by atoms with Crippen LogP contribution < -0.4 is 4.90 Å². The molecule has 0 radical (unpaired) electrons. The molecule has 1 saturated heterocycles. The van der Waals surface area contributed by atoms with Crippen LogP contribution in [0.4, 0.5) is 5.82 Å². The predicted molar refractivity (Wildman–Crippen MR) is 87.6 cm³/mol. The summed E-state index contributed by atoms with van der Waals surface area (Å²) in [5, 5.41) is 0. The van der Waals surface area contributed by atoms with Crippen LogP contribution in [0.25, 0.3) is 6.08 Å². The van der Waals surface area contributed by atoms with Gasteiger partial charge in [0.15, 0.2) is 5.82 Å². The third kappa shape index (κ3) is 4.49. The fourth-order valence-electron chi connectivity index (χ4n) is 2.27. The van der Waals surface area contributed by atoms with Crippen LogP contribution in [0.3, 0.4) is 0 Å². The van der Waals surface area contributed by atoms with Gasteiger partial charge in [-0.25, -0.2) is 14.8 Å². The van der Waals surface area contributed by atoms with Gasteiger partial charge in [0.2, 0.25) is 9.03 Å². The van der Waals surface area contributed by atoms with Crippen molar-refractivity contribution in [2.24, 2.45) is 0 Å². The van der Waals surface area contributed by atoms with Crippen molar-refractivity contribution in [2.75, 3.05) is 11.4 Å². The Morgan fingerprint density at radius 3 is 2.73 bits per heavy atom. The molecule has 2 aliphatic rings. The number of carbonyl (C=O) groups excluding carboxylic acids is 1. The van der Waals surface area contributed by atoms with Crippen LogP contribution in [-0.2, 0) is 9.32 Å². The molecular weight excluding hydrogens is 301 g/mol. The van der Waals surface area contributed by atoms with E-state index in [4.69, 9.17) is 4.89 Å². The zero-order chi connectivity index (χ0) is 15.8. The Morgan fingerprint density at radius 2 is 2.14 bits per heavy atom. The van der Waals surface area contributed by atoms with Gasteiger partial charge in [-0.05, 0) is 25.0 Å². The fraction of sp³-hybridized carbons (Fsp3) is 0.533. The van der Waals surface area contributed by atoms with E-state index in [0.29, 0.717) is 18.1 Å². The maximum absolute atomic E-state index is 11.7. The first-order chi connectivity index (χ1) is 10.8. The first-order valence-electron chi connectivity index (χ1n) is 7.58. The highest BCUT2D eigenvalue weighted by Crippen LogP contribution is 2.26. The molecule has 2 heterocycles. The highest BCUT2D eigenvalue weighted by molar-refractivity contribution is 7.25. The number of rotatable bonds is 4. The van der Waals surface area contributed by atoms with E-state index in [1.165, 1.54) is 25.7 Å². The Labute approximate surface area is 132 Å². The zero-order valence-electron chi connectivity index (χ0n) is 12.6. The van der Waals surface area contributed by atoms with Crippen LogP contribution in [0.2, 0.25) is 0 Å². The summed E-state index contributed by atoms with van der Waals surface area (Å²) in [4.78, 5) is 30.6. The highest BCUT2D eigenvalue weighted by Gasteiger charge is 2.33. The minimum absolute atomic E-state index is 0.378. The van der Waals surface area contributed by atoms with Crippen molar-refractivity contribution in [1.29, 1.82) is 0 Å². The number of hydrogen-bond donors (Lipinski definition) is 1. The van der Waals surface area contributed by atoms with Gasteiger partial charge in [0, 0.05) is 12.7 Å². The SMILES string of the molecule is C1CCC1.C=Cc1nccc(N2CCCC2C(=O)OPO)n1. The lowest BCUT2D eigenvalue weighted by molar-refractivity contribution is -0.135. The van der Waals surface area contributed by atoms with Crippen molar-refractivity contribution in [3.63, 3.8) is 0 Å². The van der Waals surface area contributed by atoms with Crippen LogP contribution in [0.1, 0.15) is 44.3 Å². The molecule has 22 heavy (non-hydrogen) atoms. The monoisotopic (exact) mass is 323 g/mol.